The molecule has 1 amide bonds. The van der Waals surface area contributed by atoms with Gasteiger partial charge in [-0.3, -0.25) is 14.5 Å². The third kappa shape index (κ3) is 4.34. The lowest BCUT2D eigenvalue weighted by Crippen LogP contribution is -2.29. The fraction of sp³-hybridized carbons (Fsp3) is 0.267. The third-order valence-electron chi connectivity index (χ3n) is 6.61. The SMILES string of the molecule is COc1ccc(/C(O)=C2/C(=O)C(=O)N(c3ccc(C)c(C)c3)C2c2ccccc2)cc1C(C)(C)C. The number of carbonyl (C=O) groups is 2. The first kappa shape index (κ1) is 24.3. The van der Waals surface area contributed by atoms with E-state index in [-0.39, 0.29) is 16.7 Å². The zero-order chi connectivity index (χ0) is 25.5. The van der Waals surface area contributed by atoms with E-state index in [0.29, 0.717) is 17.0 Å². The number of methoxy groups -OCH3 is 1. The van der Waals surface area contributed by atoms with Crippen LogP contribution in [-0.2, 0) is 15.0 Å². The molecule has 5 heteroatoms. The van der Waals surface area contributed by atoms with Gasteiger partial charge in [0.15, 0.2) is 0 Å². The van der Waals surface area contributed by atoms with Crippen LogP contribution in [0.3, 0.4) is 0 Å². The minimum absolute atomic E-state index is 0.0736. The third-order valence-corrected chi connectivity index (χ3v) is 6.61. The molecule has 1 N–H and O–H groups in total. The first-order valence-corrected chi connectivity index (χ1v) is 11.7. The number of aliphatic hydroxyl groups is 1. The molecule has 0 saturated carbocycles. The van der Waals surface area contributed by atoms with Gasteiger partial charge >= 0.3 is 0 Å². The molecule has 35 heavy (non-hydrogen) atoms. The van der Waals surface area contributed by atoms with E-state index in [0.717, 1.165) is 22.3 Å². The standard InChI is InChI=1S/C30H31NO4/c1-18-12-14-22(16-19(18)2)31-26(20-10-8-7-9-11-20)25(28(33)29(31)34)27(32)21-13-15-24(35-6)23(17-21)30(3,4)5/h7-17,26,32H,1-6H3/b27-25-. The molecule has 3 aromatic carbocycles. The van der Waals surface area contributed by atoms with Crippen LogP contribution in [0.15, 0.2) is 72.3 Å². The fourth-order valence-corrected chi connectivity index (χ4v) is 4.52. The molecular weight excluding hydrogens is 438 g/mol. The molecule has 180 valence electrons. The summed E-state index contributed by atoms with van der Waals surface area (Å²) in [5.41, 5.74) is 4.65. The molecular formula is C30H31NO4. The lowest BCUT2D eigenvalue weighted by molar-refractivity contribution is -0.132. The Labute approximate surface area is 206 Å². The van der Waals surface area contributed by atoms with Crippen molar-refractivity contribution in [2.24, 2.45) is 0 Å². The van der Waals surface area contributed by atoms with Crippen molar-refractivity contribution in [3.05, 3.63) is 100 Å². The number of benzene rings is 3. The van der Waals surface area contributed by atoms with Gasteiger partial charge in [0.1, 0.15) is 11.5 Å². The fourth-order valence-electron chi connectivity index (χ4n) is 4.52. The molecule has 1 atom stereocenters. The first-order chi connectivity index (χ1) is 16.5. The summed E-state index contributed by atoms with van der Waals surface area (Å²) in [5.74, 6) is -0.864. The van der Waals surface area contributed by atoms with Crippen LogP contribution in [0.25, 0.3) is 5.76 Å². The Hall–Kier alpha value is -3.86. The number of Topliss-reactive ketones (excluding diaryl/α,β-unsaturated/α-hetero) is 1. The maximum absolute atomic E-state index is 13.4. The molecule has 1 heterocycles. The number of anilines is 1. The predicted molar refractivity (Wildman–Crippen MR) is 139 cm³/mol. The lowest BCUT2D eigenvalue weighted by atomic mass is 9.84. The number of hydrogen-bond donors (Lipinski definition) is 1. The number of aryl methyl sites for hydroxylation is 2. The monoisotopic (exact) mass is 469 g/mol. The minimum Gasteiger partial charge on any atom is -0.507 e. The minimum atomic E-state index is -0.751. The Balaban J connectivity index is 1.95. The molecule has 1 fully saturated rings. The topological polar surface area (TPSA) is 66.8 Å². The van der Waals surface area contributed by atoms with Gasteiger partial charge in [-0.1, -0.05) is 57.2 Å². The predicted octanol–water partition coefficient (Wildman–Crippen LogP) is 6.24. The Bertz CT molecular complexity index is 1330. The van der Waals surface area contributed by atoms with Crippen molar-refractivity contribution >= 4 is 23.1 Å². The second-order valence-corrected chi connectivity index (χ2v) is 10.0. The van der Waals surface area contributed by atoms with Crippen LogP contribution in [-0.4, -0.2) is 23.9 Å². The molecule has 0 bridgehead atoms. The molecule has 1 aliphatic heterocycles. The summed E-state index contributed by atoms with van der Waals surface area (Å²) >= 11 is 0. The van der Waals surface area contributed by atoms with Crippen molar-refractivity contribution in [2.45, 2.75) is 46.1 Å². The number of ketones is 1. The lowest BCUT2D eigenvalue weighted by Gasteiger charge is -2.26. The smallest absolute Gasteiger partial charge is 0.300 e. The molecule has 0 aromatic heterocycles. The van der Waals surface area contributed by atoms with Crippen molar-refractivity contribution in [3.63, 3.8) is 0 Å². The number of amides is 1. The van der Waals surface area contributed by atoms with Crippen molar-refractivity contribution < 1.29 is 19.4 Å². The number of hydrogen-bond acceptors (Lipinski definition) is 4. The van der Waals surface area contributed by atoms with Gasteiger partial charge in [-0.15, -0.1) is 0 Å². The summed E-state index contributed by atoms with van der Waals surface area (Å²) in [4.78, 5) is 28.3. The second-order valence-electron chi connectivity index (χ2n) is 10.0. The number of carbonyl (C=O) groups excluding carboxylic acids is 2. The highest BCUT2D eigenvalue weighted by Gasteiger charge is 2.47. The molecule has 0 aliphatic carbocycles. The number of rotatable bonds is 4. The van der Waals surface area contributed by atoms with Crippen LogP contribution in [0.1, 0.15) is 54.6 Å². The van der Waals surface area contributed by atoms with Crippen molar-refractivity contribution in [3.8, 4) is 5.75 Å². The summed E-state index contributed by atoms with van der Waals surface area (Å²) in [6.45, 7) is 10.1. The normalized spacial score (nSPS) is 17.7. The van der Waals surface area contributed by atoms with E-state index in [4.69, 9.17) is 4.74 Å². The second kappa shape index (κ2) is 9.06. The quantitative estimate of drug-likeness (QED) is 0.279. The molecule has 1 aliphatic rings. The Morgan fingerprint density at radius 1 is 0.914 bits per heavy atom. The average Bonchev–Trinajstić information content (AvgIpc) is 3.10. The number of nitrogens with zero attached hydrogens (tertiary/aromatic N) is 1. The number of aliphatic hydroxyl groups excluding tert-OH is 1. The van der Waals surface area contributed by atoms with Gasteiger partial charge in [0, 0.05) is 16.8 Å². The average molecular weight is 470 g/mol. The number of ether oxygens (including phenoxy) is 1. The van der Waals surface area contributed by atoms with Crippen LogP contribution in [0.5, 0.6) is 5.75 Å². The van der Waals surface area contributed by atoms with E-state index in [2.05, 4.69) is 20.8 Å². The van der Waals surface area contributed by atoms with E-state index in [1.165, 1.54) is 4.90 Å². The van der Waals surface area contributed by atoms with Gasteiger partial charge in [0.2, 0.25) is 0 Å². The highest BCUT2D eigenvalue weighted by atomic mass is 16.5. The molecule has 1 unspecified atom stereocenters. The van der Waals surface area contributed by atoms with E-state index < -0.39 is 17.7 Å². The summed E-state index contributed by atoms with van der Waals surface area (Å²) in [7, 11) is 1.61. The van der Waals surface area contributed by atoms with Gasteiger partial charge in [-0.05, 0) is 66.3 Å². The van der Waals surface area contributed by atoms with E-state index in [9.17, 15) is 14.7 Å². The van der Waals surface area contributed by atoms with Gasteiger partial charge in [-0.2, -0.15) is 0 Å². The van der Waals surface area contributed by atoms with Crippen molar-refractivity contribution in [2.75, 3.05) is 12.0 Å². The highest BCUT2D eigenvalue weighted by Crippen LogP contribution is 2.43. The van der Waals surface area contributed by atoms with Crippen LogP contribution in [0.4, 0.5) is 5.69 Å². The van der Waals surface area contributed by atoms with Crippen LogP contribution in [0, 0.1) is 13.8 Å². The molecule has 4 rings (SSSR count). The molecule has 0 spiro atoms. The summed E-state index contributed by atoms with van der Waals surface area (Å²) in [5, 5.41) is 11.5. The van der Waals surface area contributed by atoms with Crippen LogP contribution >= 0.6 is 0 Å². The molecule has 3 aromatic rings. The summed E-state index contributed by atoms with van der Waals surface area (Å²) < 4.78 is 5.53. The van der Waals surface area contributed by atoms with Gasteiger partial charge < -0.3 is 9.84 Å². The van der Waals surface area contributed by atoms with Gasteiger partial charge in [-0.25, -0.2) is 0 Å². The Morgan fingerprint density at radius 3 is 2.20 bits per heavy atom. The summed E-state index contributed by atoms with van der Waals surface area (Å²) in [6, 6.07) is 19.6. The highest BCUT2D eigenvalue weighted by molar-refractivity contribution is 6.51. The van der Waals surface area contributed by atoms with Crippen molar-refractivity contribution in [1.29, 1.82) is 0 Å². The molecule has 5 nitrogen and oxygen atoms in total. The zero-order valence-corrected chi connectivity index (χ0v) is 21.0. The van der Waals surface area contributed by atoms with E-state index in [1.54, 1.807) is 19.2 Å². The van der Waals surface area contributed by atoms with E-state index in [1.807, 2.05) is 68.4 Å². The van der Waals surface area contributed by atoms with Crippen LogP contribution in [0.2, 0.25) is 0 Å². The maximum Gasteiger partial charge on any atom is 0.300 e. The molecule has 0 radical (unpaired) electrons. The Kier molecular flexibility index (Phi) is 6.28. The summed E-state index contributed by atoms with van der Waals surface area (Å²) in [6.07, 6.45) is 0. The van der Waals surface area contributed by atoms with E-state index >= 15 is 0 Å². The zero-order valence-electron chi connectivity index (χ0n) is 21.0. The first-order valence-electron chi connectivity index (χ1n) is 11.7. The van der Waals surface area contributed by atoms with Crippen LogP contribution < -0.4 is 9.64 Å². The Morgan fingerprint density at radius 2 is 1.60 bits per heavy atom. The molecule has 1 saturated heterocycles. The maximum atomic E-state index is 13.4. The largest absolute Gasteiger partial charge is 0.507 e. The van der Waals surface area contributed by atoms with Crippen molar-refractivity contribution in [1.82, 2.24) is 0 Å². The van der Waals surface area contributed by atoms with Gasteiger partial charge in [0.05, 0.1) is 18.7 Å². The van der Waals surface area contributed by atoms with Gasteiger partial charge in [0.25, 0.3) is 11.7 Å².